The van der Waals surface area contributed by atoms with E-state index in [0.29, 0.717) is 152 Å². The number of benzene rings is 1. The number of hydrogen-bond acceptors (Lipinski definition) is 13. The second-order valence-corrected chi connectivity index (χ2v) is 13.9. The van der Waals surface area contributed by atoms with E-state index in [9.17, 15) is 4.79 Å². The molecule has 0 aliphatic heterocycles. The molecule has 0 aromatic heterocycles. The molecule has 0 saturated carbocycles. The van der Waals surface area contributed by atoms with Crippen molar-refractivity contribution in [3.05, 3.63) is 35.9 Å². The standard InChI is InChI=1S/C45H82O13/c1-2-3-4-5-6-7-8-9-10-11-12-13-17-20-45(46)58-42-41-56-38-37-54-34-33-52-30-29-50-26-25-48-22-21-47-23-24-49-27-28-51-31-32-53-35-36-55-39-40-57-43-44-18-15-14-16-19-44/h14-16,18-19H,2-13,17,20-43H2,1H3. The van der Waals surface area contributed by atoms with Crippen LogP contribution in [0.3, 0.4) is 0 Å². The van der Waals surface area contributed by atoms with Crippen LogP contribution in [-0.2, 0) is 68.2 Å². The van der Waals surface area contributed by atoms with Gasteiger partial charge in [0.25, 0.3) is 0 Å². The molecule has 1 rings (SSSR count). The molecular weight excluding hydrogens is 748 g/mol. The predicted octanol–water partition coefficient (Wildman–Crippen LogP) is 7.39. The van der Waals surface area contributed by atoms with E-state index in [-0.39, 0.29) is 12.6 Å². The first-order chi connectivity index (χ1) is 28.8. The number of hydrogen-bond donors (Lipinski definition) is 0. The molecule has 0 bridgehead atoms. The van der Waals surface area contributed by atoms with E-state index in [0.717, 1.165) is 18.4 Å². The Bertz CT molecular complexity index is 927. The van der Waals surface area contributed by atoms with Crippen LogP contribution in [0.5, 0.6) is 0 Å². The zero-order chi connectivity index (χ0) is 41.3. The van der Waals surface area contributed by atoms with Crippen LogP contribution in [-0.4, -0.2) is 151 Å². The lowest BCUT2D eigenvalue weighted by Crippen LogP contribution is -2.15. The molecule has 0 heterocycles. The Labute approximate surface area is 351 Å². The van der Waals surface area contributed by atoms with Crippen LogP contribution in [0.1, 0.15) is 102 Å². The van der Waals surface area contributed by atoms with Gasteiger partial charge in [0.15, 0.2) is 0 Å². The van der Waals surface area contributed by atoms with Crippen LogP contribution in [0.25, 0.3) is 0 Å². The highest BCUT2D eigenvalue weighted by atomic mass is 16.6. The van der Waals surface area contributed by atoms with Crippen LogP contribution in [0.4, 0.5) is 0 Å². The van der Waals surface area contributed by atoms with Gasteiger partial charge >= 0.3 is 5.97 Å². The van der Waals surface area contributed by atoms with Crippen molar-refractivity contribution in [1.29, 1.82) is 0 Å². The van der Waals surface area contributed by atoms with Gasteiger partial charge in [-0.2, -0.15) is 0 Å². The normalized spacial score (nSPS) is 11.5. The fourth-order valence-electron chi connectivity index (χ4n) is 5.54. The number of unbranched alkanes of at least 4 members (excludes halogenated alkanes) is 12. The molecule has 0 radical (unpaired) electrons. The van der Waals surface area contributed by atoms with Gasteiger partial charge < -0.3 is 56.8 Å². The van der Waals surface area contributed by atoms with Gasteiger partial charge in [0.2, 0.25) is 0 Å². The fraction of sp³-hybridized carbons (Fsp3) is 0.844. The summed E-state index contributed by atoms with van der Waals surface area (Å²) in [6.07, 6.45) is 17.3. The van der Waals surface area contributed by atoms with E-state index in [2.05, 4.69) is 6.92 Å². The summed E-state index contributed by atoms with van der Waals surface area (Å²) in [5.41, 5.74) is 1.16. The van der Waals surface area contributed by atoms with E-state index < -0.39 is 0 Å². The first-order valence-corrected chi connectivity index (χ1v) is 22.4. The van der Waals surface area contributed by atoms with Crippen LogP contribution >= 0.6 is 0 Å². The van der Waals surface area contributed by atoms with Gasteiger partial charge in [0.1, 0.15) is 6.61 Å². The van der Waals surface area contributed by atoms with Crippen LogP contribution in [0, 0.1) is 0 Å². The van der Waals surface area contributed by atoms with Crippen molar-refractivity contribution in [2.24, 2.45) is 0 Å². The molecule has 0 unspecified atom stereocenters. The average molecular weight is 831 g/mol. The highest BCUT2D eigenvalue weighted by Gasteiger charge is 2.03. The molecule has 340 valence electrons. The summed E-state index contributed by atoms with van der Waals surface area (Å²) in [6.45, 7) is 13.7. The van der Waals surface area contributed by atoms with E-state index in [1.165, 1.54) is 70.6 Å². The van der Waals surface area contributed by atoms with Crippen molar-refractivity contribution in [3.8, 4) is 0 Å². The average Bonchev–Trinajstić information content (AvgIpc) is 3.24. The molecule has 0 N–H and O–H groups in total. The molecule has 1 aromatic rings. The van der Waals surface area contributed by atoms with Crippen molar-refractivity contribution in [1.82, 2.24) is 0 Å². The molecule has 0 spiro atoms. The van der Waals surface area contributed by atoms with Crippen LogP contribution < -0.4 is 0 Å². The lowest BCUT2D eigenvalue weighted by atomic mass is 10.0. The van der Waals surface area contributed by atoms with Crippen molar-refractivity contribution < 1.29 is 61.6 Å². The molecule has 0 atom stereocenters. The number of carbonyl (C=O) groups excluding carboxylic acids is 1. The van der Waals surface area contributed by atoms with Gasteiger partial charge in [-0.3, -0.25) is 4.79 Å². The highest BCUT2D eigenvalue weighted by Crippen LogP contribution is 2.13. The van der Waals surface area contributed by atoms with E-state index >= 15 is 0 Å². The van der Waals surface area contributed by atoms with Crippen molar-refractivity contribution in [2.45, 2.75) is 103 Å². The van der Waals surface area contributed by atoms with Gasteiger partial charge in [0.05, 0.1) is 145 Å². The van der Waals surface area contributed by atoms with Crippen molar-refractivity contribution in [3.63, 3.8) is 0 Å². The third-order valence-corrected chi connectivity index (χ3v) is 8.81. The SMILES string of the molecule is CCCCCCCCCCCCCCCC(=O)OCCOCCOCCOCCOCCOCCOCCOCCOCCOCCOCCOCc1ccccc1. The lowest BCUT2D eigenvalue weighted by Gasteiger charge is -2.09. The van der Waals surface area contributed by atoms with E-state index in [1.807, 2.05) is 30.3 Å². The molecule has 0 aliphatic rings. The summed E-state index contributed by atoms with van der Waals surface area (Å²) >= 11 is 0. The highest BCUT2D eigenvalue weighted by molar-refractivity contribution is 5.69. The van der Waals surface area contributed by atoms with Crippen LogP contribution in [0.15, 0.2) is 30.3 Å². The first-order valence-electron chi connectivity index (χ1n) is 22.4. The Morgan fingerprint density at radius 2 is 0.621 bits per heavy atom. The summed E-state index contributed by atoms with van der Waals surface area (Å²) in [7, 11) is 0. The van der Waals surface area contributed by atoms with E-state index in [4.69, 9.17) is 56.8 Å². The lowest BCUT2D eigenvalue weighted by molar-refractivity contribution is -0.145. The van der Waals surface area contributed by atoms with Gasteiger partial charge in [-0.25, -0.2) is 0 Å². The minimum atomic E-state index is -0.132. The van der Waals surface area contributed by atoms with Gasteiger partial charge in [0, 0.05) is 6.42 Å². The zero-order valence-electron chi connectivity index (χ0n) is 36.4. The van der Waals surface area contributed by atoms with Gasteiger partial charge in [-0.05, 0) is 12.0 Å². The predicted molar refractivity (Wildman–Crippen MR) is 226 cm³/mol. The topological polar surface area (TPSA) is 128 Å². The summed E-state index contributed by atoms with van der Waals surface area (Å²) in [5, 5.41) is 0. The summed E-state index contributed by atoms with van der Waals surface area (Å²) in [6, 6.07) is 10.1. The van der Waals surface area contributed by atoms with Crippen molar-refractivity contribution in [2.75, 3.05) is 145 Å². The molecule has 13 nitrogen and oxygen atoms in total. The van der Waals surface area contributed by atoms with Gasteiger partial charge in [-0.15, -0.1) is 0 Å². The molecular formula is C45H82O13. The first kappa shape index (κ1) is 54.3. The zero-order valence-corrected chi connectivity index (χ0v) is 36.4. The summed E-state index contributed by atoms with van der Waals surface area (Å²) in [4.78, 5) is 11.9. The maximum Gasteiger partial charge on any atom is 0.305 e. The second-order valence-electron chi connectivity index (χ2n) is 13.9. The third kappa shape index (κ3) is 43.8. The number of esters is 1. The number of rotatable bonds is 49. The van der Waals surface area contributed by atoms with E-state index in [1.54, 1.807) is 0 Å². The minimum absolute atomic E-state index is 0.132. The monoisotopic (exact) mass is 831 g/mol. The fourth-order valence-corrected chi connectivity index (χ4v) is 5.54. The molecule has 0 amide bonds. The Balaban J connectivity index is 1.62. The molecule has 1 aromatic carbocycles. The smallest absolute Gasteiger partial charge is 0.305 e. The van der Waals surface area contributed by atoms with Gasteiger partial charge in [-0.1, -0.05) is 114 Å². The summed E-state index contributed by atoms with van der Waals surface area (Å²) in [5.74, 6) is -0.132. The number of carbonyl (C=O) groups is 1. The maximum absolute atomic E-state index is 11.9. The molecule has 0 aliphatic carbocycles. The molecule has 0 saturated heterocycles. The Morgan fingerprint density at radius 1 is 0.345 bits per heavy atom. The minimum Gasteiger partial charge on any atom is -0.463 e. The van der Waals surface area contributed by atoms with Crippen LogP contribution in [0.2, 0.25) is 0 Å². The Hall–Kier alpha value is -1.75. The second kappa shape index (κ2) is 47.9. The maximum atomic E-state index is 11.9. The van der Waals surface area contributed by atoms with Crippen molar-refractivity contribution >= 4 is 5.97 Å². The third-order valence-electron chi connectivity index (χ3n) is 8.81. The molecule has 58 heavy (non-hydrogen) atoms. The largest absolute Gasteiger partial charge is 0.463 e. The Morgan fingerprint density at radius 3 is 0.948 bits per heavy atom. The Kier molecular flexibility index (Phi) is 44.8. The quantitative estimate of drug-likeness (QED) is 0.0479. The summed E-state index contributed by atoms with van der Waals surface area (Å²) < 4.78 is 65.9. The molecule has 13 heteroatoms. The molecule has 0 fully saturated rings. The number of ether oxygens (including phenoxy) is 12.